The quantitative estimate of drug-likeness (QED) is 0.158. The molecule has 0 aliphatic heterocycles. The Morgan fingerprint density at radius 1 is 0.144 bits per heavy atom. The van der Waals surface area contributed by atoms with Crippen LogP contribution >= 0.6 is 0 Å². The monoisotopic (exact) mass is 1460 g/mol. The van der Waals surface area contributed by atoms with E-state index in [4.69, 9.17) is 0 Å². The predicted octanol–water partition coefficient (Wildman–Crippen LogP) is 31.4. The zero-order valence-corrected chi connectivity index (χ0v) is 72.1. The number of fused-ring (bicyclic) bond motifs is 9. The minimum atomic E-state index is -0.0554. The van der Waals surface area contributed by atoms with Gasteiger partial charge in [0.1, 0.15) is 0 Å². The van der Waals surface area contributed by atoms with Crippen LogP contribution in [0.3, 0.4) is 0 Å². The van der Waals surface area contributed by atoms with Crippen molar-refractivity contribution in [1.82, 2.24) is 13.7 Å². The van der Waals surface area contributed by atoms with Gasteiger partial charge in [0.15, 0.2) is 0 Å². The van der Waals surface area contributed by atoms with Gasteiger partial charge in [-0.25, -0.2) is 0 Å². The molecule has 0 bridgehead atoms. The molecule has 0 saturated carbocycles. The van der Waals surface area contributed by atoms with E-state index in [1.165, 1.54) is 166 Å². The molecule has 0 unspecified atom stereocenters. The maximum absolute atomic E-state index is 2.53. The molecule has 3 heteroatoms. The lowest BCUT2D eigenvalue weighted by molar-refractivity contribution is 0.423. The summed E-state index contributed by atoms with van der Waals surface area (Å²) in [7, 11) is 0. The highest BCUT2D eigenvalue weighted by Gasteiger charge is 2.29. The smallest absolute Gasteiger partial charge is 0.0496 e. The highest BCUT2D eigenvalue weighted by Crippen LogP contribution is 2.45. The number of nitrogens with zero attached hydrogens (tertiary/aromatic N) is 3. The summed E-state index contributed by atoms with van der Waals surface area (Å²) in [6, 6.07) is 95.9. The van der Waals surface area contributed by atoms with E-state index in [9.17, 15) is 0 Å². The molecule has 111 heavy (non-hydrogen) atoms. The van der Waals surface area contributed by atoms with Crippen LogP contribution < -0.4 is 0 Å². The Kier molecular flexibility index (Phi) is 20.4. The lowest BCUT2D eigenvalue weighted by Crippen LogP contribution is -2.21. The van der Waals surface area contributed by atoms with E-state index >= 15 is 0 Å². The second kappa shape index (κ2) is 28.7. The van der Waals surface area contributed by atoms with Gasteiger partial charge in [-0.3, -0.25) is 0 Å². The third kappa shape index (κ3) is 16.4. The Labute approximate surface area is 665 Å². The van der Waals surface area contributed by atoms with Crippen molar-refractivity contribution in [2.45, 2.75) is 236 Å². The second-order valence-corrected chi connectivity index (χ2v) is 40.9. The average Bonchev–Trinajstić information content (AvgIpc) is 1.59. The molecule has 15 aromatic rings. The van der Waals surface area contributed by atoms with Crippen molar-refractivity contribution >= 4 is 65.4 Å². The minimum Gasteiger partial charge on any atom is -0.335 e. The Balaban J connectivity index is 0.000000149. The van der Waals surface area contributed by atoms with Crippen LogP contribution in [0.4, 0.5) is 0 Å². The first-order valence-corrected chi connectivity index (χ1v) is 40.6. The van der Waals surface area contributed by atoms with E-state index in [0.29, 0.717) is 0 Å². The molecule has 570 valence electrons. The predicted molar refractivity (Wildman–Crippen MR) is 488 cm³/mol. The lowest BCUT2D eigenvalue weighted by Gasteiger charge is -2.26. The molecule has 0 amide bonds. The molecular formula is C108H123N3. The van der Waals surface area contributed by atoms with Gasteiger partial charge < -0.3 is 13.7 Å². The first-order chi connectivity index (χ1) is 51.7. The summed E-state index contributed by atoms with van der Waals surface area (Å²) in [5.74, 6) is 0. The molecule has 0 radical (unpaired) electrons. The van der Waals surface area contributed by atoms with Crippen LogP contribution in [0, 0.1) is 0 Å². The van der Waals surface area contributed by atoms with Crippen LogP contribution in [0.1, 0.15) is 220 Å². The van der Waals surface area contributed by atoms with Gasteiger partial charge in [-0.1, -0.05) is 307 Å². The molecule has 0 fully saturated rings. The summed E-state index contributed by atoms with van der Waals surface area (Å²) < 4.78 is 7.51. The molecule has 0 aliphatic rings. The van der Waals surface area contributed by atoms with Gasteiger partial charge in [0.2, 0.25) is 0 Å². The maximum Gasteiger partial charge on any atom is 0.0496 e. The molecule has 12 aromatic carbocycles. The third-order valence-corrected chi connectivity index (χ3v) is 22.6. The molecular weight excluding hydrogens is 1340 g/mol. The van der Waals surface area contributed by atoms with Crippen LogP contribution in [0.15, 0.2) is 255 Å². The van der Waals surface area contributed by atoms with Crippen LogP contribution in [-0.2, 0) is 49.1 Å². The van der Waals surface area contributed by atoms with Crippen molar-refractivity contribution in [2.24, 2.45) is 0 Å². The summed E-state index contributed by atoms with van der Waals surface area (Å²) in [4.78, 5) is 0. The molecule has 3 aromatic heterocycles. The van der Waals surface area contributed by atoms with Crippen LogP contribution in [0.25, 0.3) is 132 Å². The Hall–Kier alpha value is -9.96. The third-order valence-electron chi connectivity index (χ3n) is 22.6. The minimum absolute atomic E-state index is 0.00251. The zero-order valence-electron chi connectivity index (χ0n) is 72.1. The largest absolute Gasteiger partial charge is 0.335 e. The zero-order chi connectivity index (χ0) is 80.3. The van der Waals surface area contributed by atoms with Crippen LogP contribution in [-0.4, -0.2) is 13.7 Å². The average molecular weight is 1460 g/mol. The van der Waals surface area contributed by atoms with Crippen molar-refractivity contribution < 1.29 is 0 Å². The standard InChI is InChI=1S/C44H57N.C36H41N.C28H25N/c1-40(2,3)32-20-30(21-33(26-32)41(4,5)6)28-16-18-38-36(24-28)37-25-29(17-19-39(37)45(38)44(13,14)15)31-22-34(42(7,8)9)27-35(23-31)43(10,11)12;1-34(2,3)28-14-10-12-24(20-28)26-16-18-32-30(22-26)31-23-27(17-19-33(31)37(32)36(7,8)9)25-13-11-15-29(21-25)35(4,5)6;1-28(2,3)29-26-16-14-22(20-10-6-4-7-11-20)18-24(26)25-19-23(15-17-27(25)29)21-12-8-5-9-13-21/h16-27H,1-15H3;10-23H,1-9H3;4-19H,1-3H3. The van der Waals surface area contributed by atoms with Crippen LogP contribution in [0.5, 0.6) is 0 Å². The topological polar surface area (TPSA) is 14.8 Å². The van der Waals surface area contributed by atoms with Gasteiger partial charge in [0.05, 0.1) is 0 Å². The molecule has 0 saturated heterocycles. The number of benzene rings is 12. The highest BCUT2D eigenvalue weighted by molar-refractivity contribution is 6.13. The van der Waals surface area contributed by atoms with Gasteiger partial charge in [0.25, 0.3) is 0 Å². The fourth-order valence-corrected chi connectivity index (χ4v) is 16.2. The number of hydrogen-bond donors (Lipinski definition) is 0. The molecule has 0 spiro atoms. The first kappa shape index (κ1) is 79.1. The van der Waals surface area contributed by atoms with E-state index in [2.05, 4.69) is 455 Å². The molecule has 0 N–H and O–H groups in total. The highest BCUT2D eigenvalue weighted by atomic mass is 15.1. The molecule has 3 heterocycles. The van der Waals surface area contributed by atoms with Crippen molar-refractivity contribution in [3.63, 3.8) is 0 Å². The number of rotatable bonds is 6. The lowest BCUT2D eigenvalue weighted by atomic mass is 9.78. The summed E-state index contributed by atoms with van der Waals surface area (Å²) in [5, 5.41) is 7.90. The fourth-order valence-electron chi connectivity index (χ4n) is 16.2. The SMILES string of the molecule is CC(C)(C)c1cc(-c2ccc3c(c2)c2cc(-c4cc(C(C)(C)C)cc(C(C)(C)C)c4)ccc2n3C(C)(C)C)cc(C(C)(C)C)c1.CC(C)(C)c1cccc(-c2ccc3c(c2)c2cc(-c4cccc(C(C)(C)C)c4)ccc2n3C(C)(C)C)c1.CC(C)(C)n1c2ccc(-c3ccccc3)cc2c2cc(-c3ccccc3)ccc21. The first-order valence-electron chi connectivity index (χ1n) is 40.6. The molecule has 15 rings (SSSR count). The van der Waals surface area contributed by atoms with E-state index in [-0.39, 0.29) is 49.1 Å². The Morgan fingerprint density at radius 3 is 0.532 bits per heavy atom. The summed E-state index contributed by atoms with van der Waals surface area (Å²) in [6.45, 7) is 62.2. The van der Waals surface area contributed by atoms with Gasteiger partial charge >= 0.3 is 0 Å². The van der Waals surface area contributed by atoms with Gasteiger partial charge in [-0.2, -0.15) is 0 Å². The summed E-state index contributed by atoms with van der Waals surface area (Å²) >= 11 is 0. The molecule has 0 aliphatic carbocycles. The van der Waals surface area contributed by atoms with Crippen molar-refractivity contribution in [3.05, 3.63) is 288 Å². The van der Waals surface area contributed by atoms with Crippen molar-refractivity contribution in [2.75, 3.05) is 0 Å². The Bertz CT molecular complexity index is 5560. The van der Waals surface area contributed by atoms with E-state index in [1.807, 2.05) is 0 Å². The van der Waals surface area contributed by atoms with Crippen molar-refractivity contribution in [1.29, 1.82) is 0 Å². The fraction of sp³-hybridized carbons (Fsp3) is 0.333. The van der Waals surface area contributed by atoms with Gasteiger partial charge in [0, 0.05) is 82.0 Å². The van der Waals surface area contributed by atoms with E-state index in [1.54, 1.807) is 0 Å². The summed E-state index contributed by atoms with van der Waals surface area (Å²) in [6.07, 6.45) is 0. The maximum atomic E-state index is 2.53. The van der Waals surface area contributed by atoms with Crippen molar-refractivity contribution in [3.8, 4) is 66.8 Å². The number of hydrogen-bond acceptors (Lipinski definition) is 0. The molecule has 0 atom stereocenters. The van der Waals surface area contributed by atoms with Gasteiger partial charge in [-0.05, 0) is 268 Å². The van der Waals surface area contributed by atoms with Gasteiger partial charge in [-0.15, -0.1) is 0 Å². The summed E-state index contributed by atoms with van der Waals surface area (Å²) in [5.41, 5.74) is 31.8. The van der Waals surface area contributed by atoms with Crippen LogP contribution in [0.2, 0.25) is 0 Å². The second-order valence-electron chi connectivity index (χ2n) is 40.9. The number of aromatic nitrogens is 3. The normalized spacial score (nSPS) is 13.0. The molecule has 3 nitrogen and oxygen atoms in total. The van der Waals surface area contributed by atoms with E-state index < -0.39 is 0 Å². The Morgan fingerprint density at radius 2 is 0.324 bits per heavy atom. The van der Waals surface area contributed by atoms with E-state index in [0.717, 1.165) is 0 Å².